The topological polar surface area (TPSA) is 55.1 Å². The minimum Gasteiger partial charge on any atom is -0.402 e. The van der Waals surface area contributed by atoms with Gasteiger partial charge >= 0.3 is 0 Å². The third-order valence-electron chi connectivity index (χ3n) is 2.16. The van der Waals surface area contributed by atoms with E-state index in [2.05, 4.69) is 11.9 Å². The second-order valence-corrected chi connectivity index (χ2v) is 4.04. The number of benzene rings is 1. The minimum absolute atomic E-state index is 0.250. The largest absolute Gasteiger partial charge is 0.402 e. The Morgan fingerprint density at radius 3 is 2.50 bits per heavy atom. The van der Waals surface area contributed by atoms with Crippen LogP contribution in [0.2, 0.25) is 0 Å². The molecule has 0 unspecified atom stereocenters. The molecule has 0 aliphatic heterocycles. The first-order valence-electron chi connectivity index (χ1n) is 5.37. The maximum absolute atomic E-state index is 12.1. The van der Waals surface area contributed by atoms with Crippen LogP contribution in [0.1, 0.15) is 6.92 Å². The zero-order valence-corrected chi connectivity index (χ0v) is 10.9. The van der Waals surface area contributed by atoms with E-state index in [4.69, 9.17) is 17.3 Å². The minimum atomic E-state index is -0.343. The summed E-state index contributed by atoms with van der Waals surface area (Å²) in [6.45, 7) is 5.15. The first-order chi connectivity index (χ1) is 8.56. The number of amides is 1. The number of halogens is 1. The van der Waals surface area contributed by atoms with E-state index in [1.807, 2.05) is 18.2 Å². The molecule has 1 amide bonds. The van der Waals surface area contributed by atoms with Gasteiger partial charge in [-0.3, -0.25) is 4.79 Å². The summed E-state index contributed by atoms with van der Waals surface area (Å²) >= 11 is 5.99. The highest BCUT2D eigenvalue weighted by molar-refractivity contribution is 6.36. The summed E-state index contributed by atoms with van der Waals surface area (Å²) in [7, 11) is 0. The van der Waals surface area contributed by atoms with E-state index in [1.54, 1.807) is 19.1 Å². The number of hydrogen-bond donors (Lipinski definition) is 2. The summed E-state index contributed by atoms with van der Waals surface area (Å²) in [5, 5.41) is 2.99. The molecule has 3 nitrogen and oxygen atoms in total. The van der Waals surface area contributed by atoms with E-state index in [0.717, 1.165) is 0 Å². The molecule has 18 heavy (non-hydrogen) atoms. The maximum atomic E-state index is 12.1. The van der Waals surface area contributed by atoms with Crippen LogP contribution >= 0.6 is 11.6 Å². The van der Waals surface area contributed by atoms with Gasteiger partial charge in [0, 0.05) is 11.4 Å². The van der Waals surface area contributed by atoms with Crippen LogP contribution in [0.25, 0.3) is 0 Å². The molecule has 94 valence electrons. The van der Waals surface area contributed by atoms with Crippen molar-refractivity contribution in [2.24, 2.45) is 5.73 Å². The monoisotopic (exact) mass is 262 g/mol. The van der Waals surface area contributed by atoms with Crippen LogP contribution in [0.15, 0.2) is 65.4 Å². The number of nitrogens with two attached hydrogens (primary N) is 1. The van der Waals surface area contributed by atoms with Crippen molar-refractivity contribution in [1.29, 1.82) is 0 Å². The normalized spacial score (nSPS) is 12.7. The number of anilines is 1. The molecule has 0 aliphatic rings. The predicted molar refractivity (Wildman–Crippen MR) is 76.1 cm³/mol. The fraction of sp³-hybridized carbons (Fsp3) is 0.0714. The molecule has 0 heterocycles. The SMILES string of the molecule is C=C/C=C(Cl)\C(C(=O)Nc1ccccc1)=C(/C)N. The average molecular weight is 263 g/mol. The number of rotatable bonds is 4. The number of carbonyl (C=O) groups excluding carboxylic acids is 1. The summed E-state index contributed by atoms with van der Waals surface area (Å²) < 4.78 is 0. The molecule has 0 fully saturated rings. The predicted octanol–water partition coefficient (Wildman–Crippen LogP) is 3.17. The van der Waals surface area contributed by atoms with Crippen molar-refractivity contribution in [1.82, 2.24) is 0 Å². The smallest absolute Gasteiger partial charge is 0.258 e. The van der Waals surface area contributed by atoms with Crippen molar-refractivity contribution >= 4 is 23.2 Å². The summed E-state index contributed by atoms with van der Waals surface area (Å²) in [6.07, 6.45) is 3.03. The van der Waals surface area contributed by atoms with Crippen LogP contribution in [0, 0.1) is 0 Å². The number of nitrogens with one attached hydrogen (secondary N) is 1. The van der Waals surface area contributed by atoms with Gasteiger partial charge in [0.15, 0.2) is 0 Å². The molecule has 1 aromatic carbocycles. The van der Waals surface area contributed by atoms with Gasteiger partial charge in [-0.25, -0.2) is 0 Å². The molecule has 0 spiro atoms. The Morgan fingerprint density at radius 1 is 1.39 bits per heavy atom. The van der Waals surface area contributed by atoms with Crippen LogP contribution in [-0.2, 0) is 4.79 Å². The lowest BCUT2D eigenvalue weighted by molar-refractivity contribution is -0.112. The molecule has 0 aliphatic carbocycles. The Bertz CT molecular complexity index is 500. The number of para-hydroxylation sites is 1. The van der Waals surface area contributed by atoms with Gasteiger partial charge in [-0.15, -0.1) is 0 Å². The first kappa shape index (κ1) is 14.1. The zero-order valence-electron chi connectivity index (χ0n) is 10.1. The quantitative estimate of drug-likeness (QED) is 0.647. The molecular formula is C14H15ClN2O. The third kappa shape index (κ3) is 3.79. The van der Waals surface area contributed by atoms with Crippen LogP contribution in [0.4, 0.5) is 5.69 Å². The Balaban J connectivity index is 2.97. The Kier molecular flexibility index (Phi) is 5.21. The average Bonchev–Trinajstić information content (AvgIpc) is 2.30. The number of carbonyl (C=O) groups is 1. The van der Waals surface area contributed by atoms with Gasteiger partial charge in [-0.2, -0.15) is 0 Å². The lowest BCUT2D eigenvalue weighted by Crippen LogP contribution is -2.18. The third-order valence-corrected chi connectivity index (χ3v) is 2.47. The standard InChI is InChI=1S/C14H15ClN2O/c1-3-7-12(15)13(10(2)16)14(18)17-11-8-5-4-6-9-11/h3-9H,1,16H2,2H3,(H,17,18)/b12-7+,13-10-. The zero-order chi connectivity index (χ0) is 13.5. The molecule has 1 aromatic rings. The molecule has 0 aromatic heterocycles. The second kappa shape index (κ2) is 6.67. The number of allylic oxidation sites excluding steroid dienone is 3. The highest BCUT2D eigenvalue weighted by atomic mass is 35.5. The van der Waals surface area contributed by atoms with Gasteiger partial charge in [0.25, 0.3) is 5.91 Å². The lowest BCUT2D eigenvalue weighted by atomic mass is 10.1. The van der Waals surface area contributed by atoms with Crippen molar-refractivity contribution in [3.63, 3.8) is 0 Å². The molecule has 0 bridgehead atoms. The van der Waals surface area contributed by atoms with E-state index in [1.165, 1.54) is 12.2 Å². The Morgan fingerprint density at radius 2 is 2.00 bits per heavy atom. The van der Waals surface area contributed by atoms with Gasteiger partial charge in [-0.05, 0) is 25.1 Å². The highest BCUT2D eigenvalue weighted by Gasteiger charge is 2.15. The van der Waals surface area contributed by atoms with Gasteiger partial charge in [0.05, 0.1) is 10.6 Å². The van der Waals surface area contributed by atoms with Crippen molar-refractivity contribution in [2.75, 3.05) is 5.32 Å². The van der Waals surface area contributed by atoms with E-state index >= 15 is 0 Å². The van der Waals surface area contributed by atoms with Gasteiger partial charge in [-0.1, -0.05) is 42.5 Å². The molecule has 0 atom stereocenters. The van der Waals surface area contributed by atoms with E-state index in [0.29, 0.717) is 11.4 Å². The van der Waals surface area contributed by atoms with Gasteiger partial charge in [0.2, 0.25) is 0 Å². The molecular weight excluding hydrogens is 248 g/mol. The van der Waals surface area contributed by atoms with Crippen molar-refractivity contribution in [3.8, 4) is 0 Å². The van der Waals surface area contributed by atoms with Crippen LogP contribution in [-0.4, -0.2) is 5.91 Å². The molecule has 0 saturated heterocycles. The molecule has 1 rings (SSSR count). The molecule has 3 N–H and O–H groups in total. The van der Waals surface area contributed by atoms with E-state index in [-0.39, 0.29) is 16.5 Å². The highest BCUT2D eigenvalue weighted by Crippen LogP contribution is 2.19. The van der Waals surface area contributed by atoms with Crippen LogP contribution < -0.4 is 11.1 Å². The first-order valence-corrected chi connectivity index (χ1v) is 5.75. The van der Waals surface area contributed by atoms with Crippen molar-refractivity contribution < 1.29 is 4.79 Å². The van der Waals surface area contributed by atoms with Crippen molar-refractivity contribution in [3.05, 3.63) is 65.4 Å². The van der Waals surface area contributed by atoms with E-state index in [9.17, 15) is 4.79 Å². The number of hydrogen-bond acceptors (Lipinski definition) is 2. The van der Waals surface area contributed by atoms with Gasteiger partial charge < -0.3 is 11.1 Å². The van der Waals surface area contributed by atoms with Crippen LogP contribution in [0.3, 0.4) is 0 Å². The van der Waals surface area contributed by atoms with Crippen LogP contribution in [0.5, 0.6) is 0 Å². The molecule has 4 heteroatoms. The van der Waals surface area contributed by atoms with E-state index < -0.39 is 0 Å². The maximum Gasteiger partial charge on any atom is 0.258 e. The molecule has 0 radical (unpaired) electrons. The summed E-state index contributed by atoms with van der Waals surface area (Å²) in [5.74, 6) is -0.343. The summed E-state index contributed by atoms with van der Waals surface area (Å²) in [6, 6.07) is 9.09. The summed E-state index contributed by atoms with van der Waals surface area (Å²) in [5.41, 5.74) is 6.97. The molecule has 0 saturated carbocycles. The van der Waals surface area contributed by atoms with Gasteiger partial charge in [0.1, 0.15) is 0 Å². The summed E-state index contributed by atoms with van der Waals surface area (Å²) in [4.78, 5) is 12.1. The fourth-order valence-electron chi connectivity index (χ4n) is 1.38. The lowest BCUT2D eigenvalue weighted by Gasteiger charge is -2.09. The van der Waals surface area contributed by atoms with Crippen molar-refractivity contribution in [2.45, 2.75) is 6.92 Å². The Labute approximate surface area is 112 Å². The fourth-order valence-corrected chi connectivity index (χ4v) is 1.70. The second-order valence-electron chi connectivity index (χ2n) is 3.63. The Hall–Kier alpha value is -2.00.